The molecule has 0 aliphatic heterocycles. The lowest BCUT2D eigenvalue weighted by molar-refractivity contribution is -0.162. The third kappa shape index (κ3) is 6.49. The predicted octanol–water partition coefficient (Wildman–Crippen LogP) is 3.15. The summed E-state index contributed by atoms with van der Waals surface area (Å²) in [6.45, 7) is 4.76. The highest BCUT2D eigenvalue weighted by atomic mass is 16.5. The zero-order chi connectivity index (χ0) is 23.8. The summed E-state index contributed by atoms with van der Waals surface area (Å²) in [6.07, 6.45) is 1.69. The first kappa shape index (κ1) is 24.1. The molecule has 3 N–H and O–H groups in total. The number of aromatic nitrogens is 3. The Balaban J connectivity index is 1.80. The van der Waals surface area contributed by atoms with E-state index < -0.39 is 24.0 Å². The van der Waals surface area contributed by atoms with Crippen LogP contribution >= 0.6 is 0 Å². The Morgan fingerprint density at radius 1 is 1.09 bits per heavy atom. The van der Waals surface area contributed by atoms with Crippen LogP contribution in [-0.4, -0.2) is 51.1 Å². The monoisotopic (exact) mass is 450 g/mol. The highest BCUT2D eigenvalue weighted by Crippen LogP contribution is 2.28. The van der Waals surface area contributed by atoms with Crippen LogP contribution in [0.4, 0.5) is 0 Å². The van der Waals surface area contributed by atoms with Crippen molar-refractivity contribution in [2.75, 3.05) is 6.61 Å². The van der Waals surface area contributed by atoms with Crippen molar-refractivity contribution >= 4 is 11.9 Å². The Kier molecular flexibility index (Phi) is 7.95. The molecule has 174 valence electrons. The molecule has 33 heavy (non-hydrogen) atoms. The van der Waals surface area contributed by atoms with Gasteiger partial charge in [0.05, 0.1) is 24.3 Å². The topological polar surface area (TPSA) is 117 Å². The molecule has 0 bridgehead atoms. The SMILES string of the molecule is CC(C)OC(=O)C(C)(CO)C[C@@H](Cc1ccc(-c2ccccc2)cc1)NC(=O)c1cnn[nH]1. The van der Waals surface area contributed by atoms with Crippen LogP contribution in [-0.2, 0) is 16.0 Å². The molecule has 1 heterocycles. The number of benzene rings is 2. The van der Waals surface area contributed by atoms with E-state index in [1.165, 1.54) is 6.20 Å². The number of aliphatic hydroxyl groups excluding tert-OH is 1. The molecule has 0 spiro atoms. The third-order valence-corrected chi connectivity index (χ3v) is 5.42. The molecule has 0 fully saturated rings. The van der Waals surface area contributed by atoms with Gasteiger partial charge in [-0.05, 0) is 50.3 Å². The second-order valence-electron chi connectivity index (χ2n) is 8.68. The van der Waals surface area contributed by atoms with Crippen molar-refractivity contribution < 1.29 is 19.4 Å². The number of nitrogens with one attached hydrogen (secondary N) is 2. The number of carbonyl (C=O) groups excluding carboxylic acids is 2. The van der Waals surface area contributed by atoms with Gasteiger partial charge in [0.1, 0.15) is 5.69 Å². The first-order valence-corrected chi connectivity index (χ1v) is 10.9. The number of aromatic amines is 1. The first-order valence-electron chi connectivity index (χ1n) is 10.9. The van der Waals surface area contributed by atoms with Gasteiger partial charge >= 0.3 is 5.97 Å². The van der Waals surface area contributed by atoms with Crippen LogP contribution in [0.2, 0.25) is 0 Å². The zero-order valence-electron chi connectivity index (χ0n) is 19.1. The van der Waals surface area contributed by atoms with Crippen LogP contribution in [0.25, 0.3) is 11.1 Å². The average Bonchev–Trinajstić information content (AvgIpc) is 3.35. The molecule has 1 aromatic heterocycles. The molecule has 0 saturated heterocycles. The number of hydrogen-bond donors (Lipinski definition) is 3. The number of esters is 1. The molecule has 0 radical (unpaired) electrons. The Bertz CT molecular complexity index is 1040. The molecule has 1 unspecified atom stereocenters. The number of hydrogen-bond acceptors (Lipinski definition) is 6. The molecule has 8 heteroatoms. The van der Waals surface area contributed by atoms with Crippen LogP contribution in [0.5, 0.6) is 0 Å². The van der Waals surface area contributed by atoms with E-state index in [2.05, 4.69) is 20.7 Å². The lowest BCUT2D eigenvalue weighted by atomic mass is 9.82. The summed E-state index contributed by atoms with van der Waals surface area (Å²) in [4.78, 5) is 25.4. The molecule has 0 saturated carbocycles. The smallest absolute Gasteiger partial charge is 0.314 e. The number of rotatable bonds is 10. The highest BCUT2D eigenvalue weighted by Gasteiger charge is 2.38. The summed E-state index contributed by atoms with van der Waals surface area (Å²) < 4.78 is 5.36. The zero-order valence-corrected chi connectivity index (χ0v) is 19.1. The molecule has 2 aromatic carbocycles. The number of ether oxygens (including phenoxy) is 1. The van der Waals surface area contributed by atoms with Gasteiger partial charge in [-0.1, -0.05) is 59.8 Å². The van der Waals surface area contributed by atoms with Crippen LogP contribution in [0, 0.1) is 5.41 Å². The largest absolute Gasteiger partial charge is 0.462 e. The molecule has 0 aliphatic rings. The van der Waals surface area contributed by atoms with E-state index in [1.807, 2.05) is 54.6 Å². The summed E-state index contributed by atoms with van der Waals surface area (Å²) in [5, 5.41) is 22.7. The Morgan fingerprint density at radius 3 is 2.33 bits per heavy atom. The van der Waals surface area contributed by atoms with Crippen LogP contribution < -0.4 is 5.32 Å². The molecule has 3 aromatic rings. The van der Waals surface area contributed by atoms with E-state index in [9.17, 15) is 14.7 Å². The summed E-state index contributed by atoms with van der Waals surface area (Å²) in [6, 6.07) is 17.7. The van der Waals surface area contributed by atoms with E-state index in [4.69, 9.17) is 4.74 Å². The van der Waals surface area contributed by atoms with E-state index in [1.54, 1.807) is 20.8 Å². The Morgan fingerprint density at radius 2 is 1.76 bits per heavy atom. The summed E-state index contributed by atoms with van der Waals surface area (Å²) in [5.74, 6) is -0.884. The van der Waals surface area contributed by atoms with Gasteiger partial charge in [0.2, 0.25) is 0 Å². The number of aliphatic hydroxyl groups is 1. The fourth-order valence-corrected chi connectivity index (χ4v) is 3.61. The van der Waals surface area contributed by atoms with Crippen molar-refractivity contribution in [1.82, 2.24) is 20.7 Å². The lowest BCUT2D eigenvalue weighted by Crippen LogP contribution is -2.45. The van der Waals surface area contributed by atoms with E-state index >= 15 is 0 Å². The maximum Gasteiger partial charge on any atom is 0.314 e. The van der Waals surface area contributed by atoms with E-state index in [0.717, 1.165) is 16.7 Å². The lowest BCUT2D eigenvalue weighted by Gasteiger charge is -2.31. The van der Waals surface area contributed by atoms with Gasteiger partial charge in [-0.2, -0.15) is 0 Å². The quantitative estimate of drug-likeness (QED) is 0.409. The molecule has 1 amide bonds. The second kappa shape index (κ2) is 10.9. The minimum absolute atomic E-state index is 0.197. The van der Waals surface area contributed by atoms with Crippen molar-refractivity contribution in [2.45, 2.75) is 45.8 Å². The van der Waals surface area contributed by atoms with Crippen molar-refractivity contribution in [2.24, 2.45) is 5.41 Å². The van der Waals surface area contributed by atoms with Gasteiger partial charge in [0, 0.05) is 6.04 Å². The molecular weight excluding hydrogens is 420 g/mol. The summed E-state index contributed by atoms with van der Waals surface area (Å²) in [7, 11) is 0. The van der Waals surface area contributed by atoms with Crippen molar-refractivity contribution in [3.8, 4) is 11.1 Å². The fraction of sp³-hybridized carbons (Fsp3) is 0.360. The van der Waals surface area contributed by atoms with Gasteiger partial charge in [0.25, 0.3) is 5.91 Å². The Hall–Kier alpha value is -3.52. The first-order chi connectivity index (χ1) is 15.8. The average molecular weight is 451 g/mol. The van der Waals surface area contributed by atoms with Crippen molar-refractivity contribution in [3.05, 3.63) is 72.1 Å². The molecule has 2 atom stereocenters. The predicted molar refractivity (Wildman–Crippen MR) is 124 cm³/mol. The second-order valence-corrected chi connectivity index (χ2v) is 8.68. The number of H-pyrrole nitrogens is 1. The van der Waals surface area contributed by atoms with Gasteiger partial charge < -0.3 is 15.2 Å². The molecule has 3 rings (SSSR count). The van der Waals surface area contributed by atoms with Crippen LogP contribution in [0.3, 0.4) is 0 Å². The van der Waals surface area contributed by atoms with Crippen molar-refractivity contribution in [3.63, 3.8) is 0 Å². The number of nitrogens with zero attached hydrogens (tertiary/aromatic N) is 2. The molecule has 0 aliphatic carbocycles. The van der Waals surface area contributed by atoms with Gasteiger partial charge in [-0.15, -0.1) is 5.10 Å². The van der Waals surface area contributed by atoms with E-state index in [0.29, 0.717) is 6.42 Å². The minimum atomic E-state index is -1.17. The number of amides is 1. The van der Waals surface area contributed by atoms with E-state index in [-0.39, 0.29) is 24.1 Å². The summed E-state index contributed by atoms with van der Waals surface area (Å²) in [5.41, 5.74) is 2.24. The Labute approximate surface area is 193 Å². The highest BCUT2D eigenvalue weighted by molar-refractivity contribution is 5.92. The maximum absolute atomic E-state index is 12.7. The molecule has 8 nitrogen and oxygen atoms in total. The maximum atomic E-state index is 12.7. The fourth-order valence-electron chi connectivity index (χ4n) is 3.61. The molecular formula is C25H30N4O4. The van der Waals surface area contributed by atoms with Crippen molar-refractivity contribution in [1.29, 1.82) is 0 Å². The van der Waals surface area contributed by atoms with Gasteiger partial charge in [-0.25, -0.2) is 0 Å². The summed E-state index contributed by atoms with van der Waals surface area (Å²) >= 11 is 0. The normalized spacial score (nSPS) is 13.8. The van der Waals surface area contributed by atoms with Gasteiger partial charge in [0.15, 0.2) is 0 Å². The number of carbonyl (C=O) groups is 2. The standard InChI is InChI=1S/C25H30N4O4/c1-17(2)33-24(32)25(3,16-30)14-21(27-23(31)22-15-26-29-28-22)13-18-9-11-20(12-10-18)19-7-5-4-6-8-19/h4-12,15,17,21,30H,13-14,16H2,1-3H3,(H,27,31)(H,26,28,29)/t21-,25?/m1/s1. The van der Waals surface area contributed by atoms with Crippen LogP contribution in [0.1, 0.15) is 43.2 Å². The van der Waals surface area contributed by atoms with Crippen LogP contribution in [0.15, 0.2) is 60.8 Å². The van der Waals surface area contributed by atoms with Gasteiger partial charge in [-0.3, -0.25) is 14.7 Å². The minimum Gasteiger partial charge on any atom is -0.462 e. The third-order valence-electron chi connectivity index (χ3n) is 5.42.